The van der Waals surface area contributed by atoms with Crippen LogP contribution in [0.2, 0.25) is 0 Å². The van der Waals surface area contributed by atoms with E-state index in [2.05, 4.69) is 15.8 Å². The first-order chi connectivity index (χ1) is 13.0. The van der Waals surface area contributed by atoms with E-state index in [0.29, 0.717) is 16.9 Å². The molecule has 3 aromatic rings. The summed E-state index contributed by atoms with van der Waals surface area (Å²) in [6, 6.07) is 13.7. The van der Waals surface area contributed by atoms with Gasteiger partial charge in [0.25, 0.3) is 11.8 Å². The number of hydrazine groups is 1. The van der Waals surface area contributed by atoms with Crippen LogP contribution in [0, 0.1) is 25.2 Å². The van der Waals surface area contributed by atoms with E-state index < -0.39 is 11.8 Å². The summed E-state index contributed by atoms with van der Waals surface area (Å²) in [6.07, 6.45) is 0. The fraction of sp³-hybridized carbons (Fsp3) is 0.150. The highest BCUT2D eigenvalue weighted by molar-refractivity contribution is 5.99. The number of amides is 2. The van der Waals surface area contributed by atoms with E-state index >= 15 is 0 Å². The van der Waals surface area contributed by atoms with Gasteiger partial charge in [0.2, 0.25) is 0 Å². The summed E-state index contributed by atoms with van der Waals surface area (Å²) in [4.78, 5) is 27.3. The van der Waals surface area contributed by atoms with Gasteiger partial charge in [0.05, 0.1) is 11.6 Å². The minimum atomic E-state index is -0.498. The maximum Gasteiger partial charge on any atom is 0.276 e. The summed E-state index contributed by atoms with van der Waals surface area (Å²) in [5.74, 6) is -0.455. The molecule has 0 aliphatic heterocycles. The summed E-state index contributed by atoms with van der Waals surface area (Å²) in [7, 11) is 0. The monoisotopic (exact) mass is 362 g/mol. The Labute approximate surface area is 155 Å². The topological polar surface area (TPSA) is 107 Å². The van der Waals surface area contributed by atoms with Gasteiger partial charge in [0, 0.05) is 22.2 Å². The molecule has 7 nitrogen and oxygen atoms in total. The van der Waals surface area contributed by atoms with Gasteiger partial charge >= 0.3 is 0 Å². The highest BCUT2D eigenvalue weighted by atomic mass is 16.5. The summed E-state index contributed by atoms with van der Waals surface area (Å²) in [6.45, 7) is 3.70. The Hall–Kier alpha value is -3.79. The zero-order valence-corrected chi connectivity index (χ0v) is 14.9. The Morgan fingerprint density at radius 3 is 2.56 bits per heavy atom. The number of hydrogen-bond acceptors (Lipinski definition) is 4. The molecule has 0 aliphatic carbocycles. The van der Waals surface area contributed by atoms with Crippen LogP contribution in [0.3, 0.4) is 0 Å². The quantitative estimate of drug-likeness (QED) is 0.620. The fourth-order valence-corrected chi connectivity index (χ4v) is 2.61. The average molecular weight is 362 g/mol. The molecule has 0 saturated carbocycles. The Morgan fingerprint density at radius 2 is 1.85 bits per heavy atom. The predicted octanol–water partition coefficient (Wildman–Crippen LogP) is 2.50. The molecule has 0 aliphatic rings. The van der Waals surface area contributed by atoms with Crippen LogP contribution in [-0.2, 0) is 4.79 Å². The standard InChI is InChI=1S/C20H18N4O3/c1-12-13(2)22-18-8-5-15(9-17(12)18)20(26)24-23-19(25)11-27-16-6-3-14(10-21)4-7-16/h3-9,22H,11H2,1-2H3,(H,23,25)(H,24,26). The molecule has 2 aromatic carbocycles. The number of aromatic amines is 1. The smallest absolute Gasteiger partial charge is 0.276 e. The number of aryl methyl sites for hydroxylation is 2. The van der Waals surface area contributed by atoms with E-state index in [4.69, 9.17) is 10.00 Å². The van der Waals surface area contributed by atoms with Crippen molar-refractivity contribution in [3.05, 3.63) is 64.8 Å². The molecule has 3 rings (SSSR count). The second-order valence-electron chi connectivity index (χ2n) is 6.06. The largest absolute Gasteiger partial charge is 0.484 e. The van der Waals surface area contributed by atoms with Gasteiger partial charge in [-0.15, -0.1) is 0 Å². The summed E-state index contributed by atoms with van der Waals surface area (Å²) >= 11 is 0. The maximum atomic E-state index is 12.2. The minimum Gasteiger partial charge on any atom is -0.484 e. The van der Waals surface area contributed by atoms with Crippen LogP contribution in [0.1, 0.15) is 27.2 Å². The van der Waals surface area contributed by atoms with Crippen molar-refractivity contribution in [1.29, 1.82) is 5.26 Å². The first-order valence-corrected chi connectivity index (χ1v) is 8.29. The van der Waals surface area contributed by atoms with Crippen molar-refractivity contribution >= 4 is 22.7 Å². The fourth-order valence-electron chi connectivity index (χ4n) is 2.61. The van der Waals surface area contributed by atoms with Gasteiger partial charge in [-0.2, -0.15) is 5.26 Å². The zero-order valence-electron chi connectivity index (χ0n) is 14.9. The SMILES string of the molecule is Cc1[nH]c2ccc(C(=O)NNC(=O)COc3ccc(C#N)cc3)cc2c1C. The van der Waals surface area contributed by atoms with Crippen molar-refractivity contribution in [2.24, 2.45) is 0 Å². The van der Waals surface area contributed by atoms with E-state index in [1.165, 1.54) is 0 Å². The molecule has 0 fully saturated rings. The van der Waals surface area contributed by atoms with Crippen LogP contribution in [0.15, 0.2) is 42.5 Å². The average Bonchev–Trinajstić information content (AvgIpc) is 2.98. The van der Waals surface area contributed by atoms with Gasteiger partial charge in [0.1, 0.15) is 5.75 Å². The predicted molar refractivity (Wildman–Crippen MR) is 100 cm³/mol. The van der Waals surface area contributed by atoms with Crippen LogP contribution >= 0.6 is 0 Å². The second kappa shape index (κ2) is 7.62. The van der Waals surface area contributed by atoms with Crippen LogP contribution in [0.4, 0.5) is 0 Å². The number of hydrogen-bond donors (Lipinski definition) is 3. The first kappa shape index (κ1) is 18.0. The number of fused-ring (bicyclic) bond motifs is 1. The van der Waals surface area contributed by atoms with Crippen LogP contribution < -0.4 is 15.6 Å². The number of aromatic nitrogens is 1. The highest BCUT2D eigenvalue weighted by Gasteiger charge is 2.11. The van der Waals surface area contributed by atoms with Gasteiger partial charge in [-0.25, -0.2) is 0 Å². The lowest BCUT2D eigenvalue weighted by molar-refractivity contribution is -0.123. The third-order valence-electron chi connectivity index (χ3n) is 4.24. The lowest BCUT2D eigenvalue weighted by Gasteiger charge is -2.09. The van der Waals surface area contributed by atoms with Gasteiger partial charge in [-0.3, -0.25) is 20.4 Å². The van der Waals surface area contributed by atoms with E-state index in [-0.39, 0.29) is 6.61 Å². The van der Waals surface area contributed by atoms with Crippen molar-refractivity contribution in [2.75, 3.05) is 6.61 Å². The second-order valence-corrected chi connectivity index (χ2v) is 6.06. The molecule has 0 spiro atoms. The normalized spacial score (nSPS) is 10.3. The van der Waals surface area contributed by atoms with Gasteiger partial charge in [0.15, 0.2) is 6.61 Å². The summed E-state index contributed by atoms with van der Waals surface area (Å²) < 4.78 is 5.30. The Bertz CT molecular complexity index is 1050. The van der Waals surface area contributed by atoms with Crippen LogP contribution in [0.5, 0.6) is 5.75 Å². The Balaban J connectivity index is 1.54. The number of nitrogens with zero attached hydrogens (tertiary/aromatic N) is 1. The Morgan fingerprint density at radius 1 is 1.11 bits per heavy atom. The molecule has 0 saturated heterocycles. The molecule has 0 radical (unpaired) electrons. The van der Waals surface area contributed by atoms with Crippen LogP contribution in [0.25, 0.3) is 10.9 Å². The van der Waals surface area contributed by atoms with Crippen molar-refractivity contribution in [2.45, 2.75) is 13.8 Å². The molecule has 0 unspecified atom stereocenters. The number of ether oxygens (including phenoxy) is 1. The molecule has 27 heavy (non-hydrogen) atoms. The molecule has 0 atom stereocenters. The molecule has 136 valence electrons. The first-order valence-electron chi connectivity index (χ1n) is 8.29. The number of carbonyl (C=O) groups excluding carboxylic acids is 2. The Kier molecular flexibility index (Phi) is 5.08. The molecule has 3 N–H and O–H groups in total. The number of benzene rings is 2. The number of carbonyl (C=O) groups is 2. The number of nitrogens with one attached hydrogen (secondary N) is 3. The van der Waals surface area contributed by atoms with Crippen molar-refractivity contribution < 1.29 is 14.3 Å². The molecular formula is C20H18N4O3. The summed E-state index contributed by atoms with van der Waals surface area (Å²) in [5.41, 5.74) is 8.73. The number of rotatable bonds is 4. The maximum absolute atomic E-state index is 12.2. The molecule has 2 amide bonds. The van der Waals surface area contributed by atoms with E-state index in [1.54, 1.807) is 36.4 Å². The van der Waals surface area contributed by atoms with Gasteiger partial charge in [-0.1, -0.05) is 0 Å². The zero-order chi connectivity index (χ0) is 19.4. The van der Waals surface area contributed by atoms with Crippen molar-refractivity contribution in [3.8, 4) is 11.8 Å². The van der Waals surface area contributed by atoms with Crippen molar-refractivity contribution in [1.82, 2.24) is 15.8 Å². The van der Waals surface area contributed by atoms with Crippen LogP contribution in [-0.4, -0.2) is 23.4 Å². The van der Waals surface area contributed by atoms with E-state index in [0.717, 1.165) is 22.2 Å². The van der Waals surface area contributed by atoms with Gasteiger partial charge < -0.3 is 9.72 Å². The molecule has 0 bridgehead atoms. The molecular weight excluding hydrogens is 344 g/mol. The lowest BCUT2D eigenvalue weighted by atomic mass is 10.1. The van der Waals surface area contributed by atoms with E-state index in [9.17, 15) is 9.59 Å². The van der Waals surface area contributed by atoms with E-state index in [1.807, 2.05) is 26.0 Å². The third kappa shape index (κ3) is 4.07. The summed E-state index contributed by atoms with van der Waals surface area (Å²) in [5, 5.41) is 9.71. The molecule has 7 heteroatoms. The molecule has 1 heterocycles. The number of nitriles is 1. The highest BCUT2D eigenvalue weighted by Crippen LogP contribution is 2.22. The third-order valence-corrected chi connectivity index (χ3v) is 4.24. The van der Waals surface area contributed by atoms with Crippen molar-refractivity contribution in [3.63, 3.8) is 0 Å². The van der Waals surface area contributed by atoms with Gasteiger partial charge in [-0.05, 0) is 61.9 Å². The minimum absolute atomic E-state index is 0.263. The molecule has 1 aromatic heterocycles. The lowest BCUT2D eigenvalue weighted by Crippen LogP contribution is -2.43. The number of H-pyrrole nitrogens is 1.